The van der Waals surface area contributed by atoms with Crippen molar-refractivity contribution in [3.05, 3.63) is 40.9 Å². The first-order valence-electron chi connectivity index (χ1n) is 14.9. The van der Waals surface area contributed by atoms with Gasteiger partial charge < -0.3 is 25.2 Å². The monoisotopic (exact) mass is 570 g/mol. The van der Waals surface area contributed by atoms with Gasteiger partial charge in [-0.15, -0.1) is 0 Å². The van der Waals surface area contributed by atoms with E-state index in [0.29, 0.717) is 35.6 Å². The molecule has 8 atom stereocenters. The van der Waals surface area contributed by atoms with E-state index in [4.69, 9.17) is 16.3 Å². The molecule has 6 unspecified atom stereocenters. The van der Waals surface area contributed by atoms with E-state index in [1.165, 1.54) is 0 Å². The van der Waals surface area contributed by atoms with Crippen molar-refractivity contribution in [1.82, 2.24) is 15.1 Å². The number of nitrogens with zero attached hydrogens (tertiary/aromatic N) is 2. The van der Waals surface area contributed by atoms with E-state index in [-0.39, 0.29) is 23.8 Å². The van der Waals surface area contributed by atoms with Crippen molar-refractivity contribution in [2.45, 2.75) is 77.7 Å². The van der Waals surface area contributed by atoms with Gasteiger partial charge in [0, 0.05) is 29.8 Å². The average Bonchev–Trinajstić information content (AvgIpc) is 3.57. The molecule has 1 aliphatic carbocycles. The summed E-state index contributed by atoms with van der Waals surface area (Å²) in [7, 11) is 0. The van der Waals surface area contributed by atoms with Gasteiger partial charge >= 0.3 is 0 Å². The molecule has 3 aliphatic heterocycles. The van der Waals surface area contributed by atoms with E-state index in [9.17, 15) is 14.4 Å². The zero-order chi connectivity index (χ0) is 28.8. The first-order chi connectivity index (χ1) is 19.1. The van der Waals surface area contributed by atoms with Crippen LogP contribution in [0.5, 0.6) is 0 Å². The molecular weight excluding hydrogens is 528 g/mol. The molecule has 3 heterocycles. The number of benzene rings is 1. The Morgan fingerprint density at radius 2 is 1.93 bits per heavy atom. The molecule has 4 aliphatic rings. The third-order valence-corrected chi connectivity index (χ3v) is 10.4. The lowest BCUT2D eigenvalue weighted by Crippen LogP contribution is -2.58. The molecule has 218 valence electrons. The number of carbonyl (C=O) groups is 3. The van der Waals surface area contributed by atoms with Crippen LogP contribution in [0.15, 0.2) is 30.4 Å². The molecule has 8 nitrogen and oxygen atoms in total. The highest BCUT2D eigenvalue weighted by Gasteiger charge is 2.72. The molecule has 1 saturated carbocycles. The molecule has 3 fully saturated rings. The Morgan fingerprint density at radius 1 is 1.18 bits per heavy atom. The number of likely N-dealkylation sites (tertiary alicyclic amines) is 1. The standard InChI is InChI=1S/C31H43ClN4O4/c1-6-35(7-2)15-16-36-27(29(38)34-23-10-8-9-18(3)20(23)5)31-14-13-24(40-31)25(26(31)30(36)39)28(37)33-21-12-11-19(4)22(32)17-21/h11-14,17-18,20,23-27H,6-10,15-16H2,1-5H3,(H,33,37)(H,34,38)/t18?,20?,23?,24-,25?,26-,27?,31?/m0/s1. The zero-order valence-corrected chi connectivity index (χ0v) is 25.0. The molecule has 2 saturated heterocycles. The highest BCUT2D eigenvalue weighted by Crippen LogP contribution is 2.55. The van der Waals surface area contributed by atoms with Crippen LogP contribution in [0.25, 0.3) is 0 Å². The Bertz CT molecular complexity index is 1190. The van der Waals surface area contributed by atoms with Crippen LogP contribution in [0, 0.1) is 30.6 Å². The number of ether oxygens (including phenoxy) is 1. The first-order valence-corrected chi connectivity index (χ1v) is 15.3. The third kappa shape index (κ3) is 4.96. The molecular formula is C31H43ClN4O4. The number of hydrogen-bond acceptors (Lipinski definition) is 5. The van der Waals surface area contributed by atoms with Crippen LogP contribution < -0.4 is 10.6 Å². The predicted octanol–water partition coefficient (Wildman–Crippen LogP) is 4.02. The quantitative estimate of drug-likeness (QED) is 0.438. The van der Waals surface area contributed by atoms with Crippen LogP contribution in [0.1, 0.15) is 52.5 Å². The fourth-order valence-electron chi connectivity index (χ4n) is 7.24. The maximum Gasteiger partial charge on any atom is 0.246 e. The highest BCUT2D eigenvalue weighted by atomic mass is 35.5. The molecule has 40 heavy (non-hydrogen) atoms. The fourth-order valence-corrected chi connectivity index (χ4v) is 7.42. The molecule has 9 heteroatoms. The van der Waals surface area contributed by atoms with E-state index in [1.807, 2.05) is 25.1 Å². The molecule has 0 aromatic heterocycles. The summed E-state index contributed by atoms with van der Waals surface area (Å²) in [5.41, 5.74) is 0.320. The van der Waals surface area contributed by atoms with E-state index in [0.717, 1.165) is 37.9 Å². The van der Waals surface area contributed by atoms with Crippen molar-refractivity contribution in [3.63, 3.8) is 0 Å². The molecule has 1 aromatic carbocycles. The molecule has 5 rings (SSSR count). The van der Waals surface area contributed by atoms with Crippen molar-refractivity contribution < 1.29 is 19.1 Å². The Kier molecular flexibility index (Phi) is 8.33. The van der Waals surface area contributed by atoms with Crippen molar-refractivity contribution in [2.75, 3.05) is 31.5 Å². The largest absolute Gasteiger partial charge is 0.359 e. The summed E-state index contributed by atoms with van der Waals surface area (Å²) >= 11 is 6.29. The summed E-state index contributed by atoms with van der Waals surface area (Å²) in [4.78, 5) is 45.9. The van der Waals surface area contributed by atoms with Crippen molar-refractivity contribution in [2.24, 2.45) is 23.7 Å². The number of hydrogen-bond donors (Lipinski definition) is 2. The second-order valence-corrected chi connectivity index (χ2v) is 12.5. The molecule has 3 amide bonds. The van der Waals surface area contributed by atoms with Crippen LogP contribution in [-0.4, -0.2) is 77.5 Å². The fraction of sp³-hybridized carbons (Fsp3) is 0.645. The smallest absolute Gasteiger partial charge is 0.246 e. The minimum absolute atomic E-state index is 0.0550. The molecule has 1 aromatic rings. The number of rotatable bonds is 9. The van der Waals surface area contributed by atoms with Crippen molar-refractivity contribution in [3.8, 4) is 0 Å². The van der Waals surface area contributed by atoms with Gasteiger partial charge in [0.2, 0.25) is 17.7 Å². The Morgan fingerprint density at radius 3 is 2.62 bits per heavy atom. The van der Waals surface area contributed by atoms with E-state index < -0.39 is 29.6 Å². The first kappa shape index (κ1) is 29.1. The summed E-state index contributed by atoms with van der Waals surface area (Å²) in [6.07, 6.45) is 6.33. The highest BCUT2D eigenvalue weighted by molar-refractivity contribution is 6.31. The maximum atomic E-state index is 14.2. The topological polar surface area (TPSA) is 91.0 Å². The summed E-state index contributed by atoms with van der Waals surface area (Å²) in [5, 5.41) is 6.83. The van der Waals surface area contributed by atoms with E-state index >= 15 is 0 Å². The Hall–Kier alpha value is -2.42. The van der Waals surface area contributed by atoms with Crippen molar-refractivity contribution >= 4 is 35.0 Å². The number of likely N-dealkylation sites (N-methyl/N-ethyl adjacent to an activating group) is 1. The second kappa shape index (κ2) is 11.5. The van der Waals surface area contributed by atoms with Gasteiger partial charge in [-0.25, -0.2) is 0 Å². The second-order valence-electron chi connectivity index (χ2n) is 12.1. The molecule has 2 bridgehead atoms. The Balaban J connectivity index is 1.43. The van der Waals surface area contributed by atoms with Gasteiger partial charge in [-0.05, 0) is 56.0 Å². The van der Waals surface area contributed by atoms with Crippen LogP contribution >= 0.6 is 11.6 Å². The molecule has 0 radical (unpaired) electrons. The number of amides is 3. The minimum atomic E-state index is -1.16. The van der Waals surface area contributed by atoms with Crippen LogP contribution in [-0.2, 0) is 19.1 Å². The van der Waals surface area contributed by atoms with Crippen molar-refractivity contribution in [1.29, 1.82) is 0 Å². The Labute approximate surface area is 242 Å². The van der Waals surface area contributed by atoms with Gasteiger partial charge in [0.05, 0.1) is 17.9 Å². The van der Waals surface area contributed by atoms with Gasteiger partial charge in [-0.1, -0.05) is 70.4 Å². The van der Waals surface area contributed by atoms with E-state index in [2.05, 4.69) is 43.2 Å². The van der Waals surface area contributed by atoms with Crippen LogP contribution in [0.3, 0.4) is 0 Å². The van der Waals surface area contributed by atoms with E-state index in [1.54, 1.807) is 17.0 Å². The number of aryl methyl sites for hydroxylation is 1. The lowest BCUT2D eigenvalue weighted by atomic mass is 9.73. The normalized spacial score (nSPS) is 34.4. The van der Waals surface area contributed by atoms with Gasteiger partial charge in [-0.2, -0.15) is 0 Å². The average molecular weight is 571 g/mol. The van der Waals surface area contributed by atoms with Gasteiger partial charge in [0.15, 0.2) is 0 Å². The summed E-state index contributed by atoms with van der Waals surface area (Å²) < 4.78 is 6.49. The molecule has 2 N–H and O–H groups in total. The number of halogens is 1. The SMILES string of the molecule is CCN(CC)CCN1C(=O)[C@@H]2C(C(=O)Nc3ccc(C)c(Cl)c3)[C@@H]3C=CC2(O3)C1C(=O)NC1CCCC(C)C1C. The molecule has 1 spiro atoms. The lowest BCUT2D eigenvalue weighted by Gasteiger charge is -2.38. The number of fused-ring (bicyclic) bond motifs is 1. The van der Waals surface area contributed by atoms with Crippen LogP contribution in [0.4, 0.5) is 5.69 Å². The maximum absolute atomic E-state index is 14.2. The minimum Gasteiger partial charge on any atom is -0.359 e. The van der Waals surface area contributed by atoms with Crippen LogP contribution in [0.2, 0.25) is 5.02 Å². The third-order valence-electron chi connectivity index (χ3n) is 9.95. The zero-order valence-electron chi connectivity index (χ0n) is 24.3. The van der Waals surface area contributed by atoms with Gasteiger partial charge in [-0.3, -0.25) is 14.4 Å². The lowest BCUT2D eigenvalue weighted by molar-refractivity contribution is -0.141. The van der Waals surface area contributed by atoms with Gasteiger partial charge in [0.25, 0.3) is 0 Å². The number of carbonyl (C=O) groups excluding carboxylic acids is 3. The predicted molar refractivity (Wildman–Crippen MR) is 156 cm³/mol. The van der Waals surface area contributed by atoms with Gasteiger partial charge in [0.1, 0.15) is 11.6 Å². The number of anilines is 1. The summed E-state index contributed by atoms with van der Waals surface area (Å²) in [6, 6.07) is 4.59. The summed E-state index contributed by atoms with van der Waals surface area (Å²) in [5.74, 6) is -1.30. The summed E-state index contributed by atoms with van der Waals surface area (Å²) in [6.45, 7) is 13.3. The number of nitrogens with one attached hydrogen (secondary N) is 2.